The fourth-order valence-electron chi connectivity index (χ4n) is 2.17. The average Bonchev–Trinajstić information content (AvgIpc) is 2.54. The Bertz CT molecular complexity index is 896. The van der Waals surface area contributed by atoms with Crippen LogP contribution in [0.2, 0.25) is 20.1 Å². The molecule has 0 aliphatic rings. The van der Waals surface area contributed by atoms with Gasteiger partial charge >= 0.3 is 0 Å². The van der Waals surface area contributed by atoms with Gasteiger partial charge in [-0.15, -0.1) is 0 Å². The van der Waals surface area contributed by atoms with Gasteiger partial charge in [0.25, 0.3) is 0 Å². The van der Waals surface area contributed by atoms with Crippen LogP contribution in [0.5, 0.6) is 0 Å². The van der Waals surface area contributed by atoms with Crippen LogP contribution < -0.4 is 0 Å². The quantitative estimate of drug-likeness (QED) is 0.454. The highest BCUT2D eigenvalue weighted by atomic mass is 35.5. The third kappa shape index (κ3) is 3.17. The first-order valence-electron chi connectivity index (χ1n) is 6.54. The smallest absolute Gasteiger partial charge is 0.149 e. The molecule has 2 aromatic carbocycles. The topological polar surface area (TPSA) is 12.9 Å². The largest absolute Gasteiger partial charge is 0.245 e. The van der Waals surface area contributed by atoms with Gasteiger partial charge in [0.15, 0.2) is 0 Å². The summed E-state index contributed by atoms with van der Waals surface area (Å²) in [7, 11) is 0. The van der Waals surface area contributed by atoms with Crippen molar-refractivity contribution in [3.63, 3.8) is 0 Å². The molecule has 1 aromatic heterocycles. The second kappa shape index (κ2) is 6.66. The van der Waals surface area contributed by atoms with Crippen molar-refractivity contribution in [2.75, 3.05) is 0 Å². The van der Waals surface area contributed by atoms with Crippen molar-refractivity contribution in [1.82, 2.24) is 4.98 Å². The fraction of sp³-hybridized carbons (Fsp3) is 0. The SMILES string of the molecule is Fc1ccc(-c2cccc(Cl)c2Cl)nc1-c1cccc(Cl)c1Cl. The number of nitrogens with zero attached hydrogens (tertiary/aromatic N) is 1. The summed E-state index contributed by atoms with van der Waals surface area (Å²) in [5, 5.41) is 1.33. The van der Waals surface area contributed by atoms with Gasteiger partial charge in [0, 0.05) is 11.1 Å². The van der Waals surface area contributed by atoms with Crippen molar-refractivity contribution >= 4 is 46.4 Å². The molecule has 0 aliphatic carbocycles. The van der Waals surface area contributed by atoms with Gasteiger partial charge in [0.05, 0.1) is 25.8 Å². The molecule has 23 heavy (non-hydrogen) atoms. The van der Waals surface area contributed by atoms with E-state index >= 15 is 0 Å². The van der Waals surface area contributed by atoms with E-state index < -0.39 is 5.82 Å². The molecular formula is C17H8Cl4FN. The standard InChI is InChI=1S/C17H8Cl4FN/c18-11-5-1-3-9(15(11)20)14-8-7-13(22)17(23-14)10-4-2-6-12(19)16(10)21/h1-8H. The number of aromatic nitrogens is 1. The number of rotatable bonds is 2. The summed E-state index contributed by atoms with van der Waals surface area (Å²) in [5.74, 6) is -0.504. The lowest BCUT2D eigenvalue weighted by atomic mass is 10.1. The summed E-state index contributed by atoms with van der Waals surface area (Å²) >= 11 is 24.4. The van der Waals surface area contributed by atoms with Gasteiger partial charge in [-0.2, -0.15) is 0 Å². The molecule has 0 spiro atoms. The number of hydrogen-bond acceptors (Lipinski definition) is 1. The molecule has 1 heterocycles. The maximum atomic E-state index is 14.2. The van der Waals surface area contributed by atoms with Gasteiger partial charge < -0.3 is 0 Å². The zero-order valence-electron chi connectivity index (χ0n) is 11.5. The Morgan fingerprint density at radius 2 is 1.26 bits per heavy atom. The molecular weight excluding hydrogens is 379 g/mol. The molecule has 0 radical (unpaired) electrons. The Morgan fingerprint density at radius 3 is 1.91 bits per heavy atom. The Hall–Kier alpha value is -1.32. The van der Waals surface area contributed by atoms with E-state index in [0.29, 0.717) is 31.9 Å². The zero-order chi connectivity index (χ0) is 16.6. The molecule has 116 valence electrons. The molecule has 0 amide bonds. The summed E-state index contributed by atoms with van der Waals surface area (Å²) in [6, 6.07) is 13.0. The van der Waals surface area contributed by atoms with Crippen LogP contribution in [-0.2, 0) is 0 Å². The highest BCUT2D eigenvalue weighted by molar-refractivity contribution is 6.44. The van der Waals surface area contributed by atoms with E-state index in [4.69, 9.17) is 46.4 Å². The van der Waals surface area contributed by atoms with Gasteiger partial charge in [0.2, 0.25) is 0 Å². The maximum absolute atomic E-state index is 14.2. The van der Waals surface area contributed by atoms with E-state index in [0.717, 1.165) is 0 Å². The molecule has 0 aliphatic heterocycles. The normalized spacial score (nSPS) is 10.8. The van der Waals surface area contributed by atoms with Crippen LogP contribution in [0.1, 0.15) is 0 Å². The molecule has 0 saturated heterocycles. The first-order chi connectivity index (χ1) is 11.0. The summed E-state index contributed by atoms with van der Waals surface area (Å²) < 4.78 is 14.2. The van der Waals surface area contributed by atoms with Crippen molar-refractivity contribution in [2.24, 2.45) is 0 Å². The zero-order valence-corrected chi connectivity index (χ0v) is 14.5. The third-order valence-corrected chi connectivity index (χ3v) is 4.92. The van der Waals surface area contributed by atoms with E-state index in [-0.39, 0.29) is 10.7 Å². The summed E-state index contributed by atoms with van der Waals surface area (Å²) in [4.78, 5) is 4.36. The van der Waals surface area contributed by atoms with E-state index in [1.54, 1.807) is 36.4 Å². The highest BCUT2D eigenvalue weighted by Gasteiger charge is 2.16. The van der Waals surface area contributed by atoms with E-state index in [2.05, 4.69) is 4.98 Å². The molecule has 0 atom stereocenters. The van der Waals surface area contributed by atoms with Crippen molar-refractivity contribution in [3.05, 3.63) is 74.4 Å². The van der Waals surface area contributed by atoms with Gasteiger partial charge in [-0.25, -0.2) is 9.37 Å². The molecule has 0 bridgehead atoms. The fourth-order valence-corrected chi connectivity index (χ4v) is 2.96. The number of hydrogen-bond donors (Lipinski definition) is 0. The van der Waals surface area contributed by atoms with Crippen molar-refractivity contribution < 1.29 is 4.39 Å². The van der Waals surface area contributed by atoms with Crippen molar-refractivity contribution in [1.29, 1.82) is 0 Å². The minimum absolute atomic E-state index is 0.103. The maximum Gasteiger partial charge on any atom is 0.149 e. The van der Waals surface area contributed by atoms with E-state index in [1.165, 1.54) is 12.1 Å². The van der Waals surface area contributed by atoms with Crippen LogP contribution in [0, 0.1) is 5.82 Å². The number of pyridine rings is 1. The predicted molar refractivity (Wildman–Crippen MR) is 95.1 cm³/mol. The molecule has 0 N–H and O–H groups in total. The van der Waals surface area contributed by atoms with Gasteiger partial charge in [0.1, 0.15) is 11.5 Å². The first-order valence-corrected chi connectivity index (χ1v) is 8.05. The second-order valence-electron chi connectivity index (χ2n) is 4.73. The van der Waals surface area contributed by atoms with Crippen molar-refractivity contribution in [3.8, 4) is 22.5 Å². The van der Waals surface area contributed by atoms with Crippen LogP contribution in [-0.4, -0.2) is 4.98 Å². The molecule has 3 rings (SSSR count). The summed E-state index contributed by atoms with van der Waals surface area (Å²) in [6.45, 7) is 0. The molecule has 0 fully saturated rings. The Balaban J connectivity index is 2.21. The summed E-state index contributed by atoms with van der Waals surface area (Å²) in [6.07, 6.45) is 0. The van der Waals surface area contributed by atoms with Gasteiger partial charge in [-0.05, 0) is 24.3 Å². The molecule has 0 unspecified atom stereocenters. The highest BCUT2D eigenvalue weighted by Crippen LogP contribution is 2.37. The van der Waals surface area contributed by atoms with Crippen LogP contribution in [0.15, 0.2) is 48.5 Å². The number of benzene rings is 2. The summed E-state index contributed by atoms with van der Waals surface area (Å²) in [5.41, 5.74) is 1.62. The molecule has 6 heteroatoms. The van der Waals surface area contributed by atoms with Gasteiger partial charge in [-0.1, -0.05) is 70.7 Å². The van der Waals surface area contributed by atoms with Crippen LogP contribution in [0.3, 0.4) is 0 Å². The number of halogens is 5. The van der Waals surface area contributed by atoms with Crippen LogP contribution in [0.25, 0.3) is 22.5 Å². The Labute approximate surface area is 152 Å². The van der Waals surface area contributed by atoms with Crippen LogP contribution >= 0.6 is 46.4 Å². The third-order valence-electron chi connectivity index (χ3n) is 3.28. The molecule has 0 saturated carbocycles. The van der Waals surface area contributed by atoms with E-state index in [1.807, 2.05) is 0 Å². The molecule has 1 nitrogen and oxygen atoms in total. The minimum atomic E-state index is -0.504. The average molecular weight is 387 g/mol. The van der Waals surface area contributed by atoms with E-state index in [9.17, 15) is 4.39 Å². The lowest BCUT2D eigenvalue weighted by Gasteiger charge is -2.10. The van der Waals surface area contributed by atoms with Crippen LogP contribution in [0.4, 0.5) is 4.39 Å². The lowest BCUT2D eigenvalue weighted by molar-refractivity contribution is 0.626. The Kier molecular flexibility index (Phi) is 4.79. The lowest BCUT2D eigenvalue weighted by Crippen LogP contribution is -1.94. The minimum Gasteiger partial charge on any atom is -0.245 e. The Morgan fingerprint density at radius 1 is 0.696 bits per heavy atom. The predicted octanol–water partition coefficient (Wildman–Crippen LogP) is 7.17. The second-order valence-corrected chi connectivity index (χ2v) is 6.30. The monoisotopic (exact) mass is 385 g/mol. The first kappa shape index (κ1) is 16.5. The van der Waals surface area contributed by atoms with Crippen molar-refractivity contribution in [2.45, 2.75) is 0 Å². The van der Waals surface area contributed by atoms with Gasteiger partial charge in [-0.3, -0.25) is 0 Å². The molecule has 3 aromatic rings.